The Morgan fingerprint density at radius 2 is 2.00 bits per heavy atom. The fraction of sp³-hybridized carbons (Fsp3) is 0.182. The summed E-state index contributed by atoms with van der Waals surface area (Å²) in [5.74, 6) is 0. The van der Waals surface area contributed by atoms with Crippen molar-refractivity contribution in [1.82, 2.24) is 0 Å². The summed E-state index contributed by atoms with van der Waals surface area (Å²) in [7, 11) is 0. The van der Waals surface area contributed by atoms with Crippen LogP contribution in [0.15, 0.2) is 30.8 Å². The summed E-state index contributed by atoms with van der Waals surface area (Å²) in [6.45, 7) is 3.67. The van der Waals surface area contributed by atoms with E-state index < -0.39 is 0 Å². The zero-order chi connectivity index (χ0) is 9.68. The molecule has 0 aliphatic carbocycles. The molecule has 0 aliphatic heterocycles. The minimum atomic E-state index is -0.0622. The third-order valence-electron chi connectivity index (χ3n) is 1.84. The van der Waals surface area contributed by atoms with Gasteiger partial charge < -0.3 is 0 Å². The van der Waals surface area contributed by atoms with Crippen molar-refractivity contribution in [3.05, 3.63) is 42.0 Å². The average Bonchev–Trinajstić information content (AvgIpc) is 2.15. The first-order chi connectivity index (χ1) is 6.22. The van der Waals surface area contributed by atoms with E-state index in [-0.39, 0.29) is 5.12 Å². The number of benzene rings is 1. The maximum Gasteiger partial charge on any atom is 0.186 e. The average molecular weight is 192 g/mol. The van der Waals surface area contributed by atoms with Crippen LogP contribution in [0.25, 0.3) is 6.08 Å². The van der Waals surface area contributed by atoms with Gasteiger partial charge in [0.25, 0.3) is 0 Å². The summed E-state index contributed by atoms with van der Waals surface area (Å²) in [5, 5.41) is -0.0622. The third kappa shape index (κ3) is 3.47. The van der Waals surface area contributed by atoms with Crippen molar-refractivity contribution >= 4 is 23.8 Å². The molecule has 0 saturated carbocycles. The highest BCUT2D eigenvalue weighted by molar-refractivity contribution is 7.96. The minimum Gasteiger partial charge on any atom is -0.287 e. The van der Waals surface area contributed by atoms with Crippen LogP contribution in [0.5, 0.6) is 0 Å². The van der Waals surface area contributed by atoms with Gasteiger partial charge in [-0.25, -0.2) is 0 Å². The van der Waals surface area contributed by atoms with Crippen LogP contribution in [0.4, 0.5) is 0 Å². The normalized spacial score (nSPS) is 9.62. The van der Waals surface area contributed by atoms with Gasteiger partial charge in [0.2, 0.25) is 0 Å². The van der Waals surface area contributed by atoms with Crippen LogP contribution in [-0.2, 0) is 11.2 Å². The van der Waals surface area contributed by atoms with Crippen LogP contribution in [-0.4, -0.2) is 5.12 Å². The molecule has 0 N–H and O–H groups in total. The molecule has 0 atom stereocenters. The zero-order valence-corrected chi connectivity index (χ0v) is 8.26. The summed E-state index contributed by atoms with van der Waals surface area (Å²) in [6.07, 6.45) is 3.06. The highest BCUT2D eigenvalue weighted by Crippen LogP contribution is 2.08. The minimum absolute atomic E-state index is 0.0622. The Morgan fingerprint density at radius 1 is 1.38 bits per heavy atom. The van der Waals surface area contributed by atoms with Gasteiger partial charge in [0.15, 0.2) is 5.12 Å². The molecule has 0 radical (unpaired) electrons. The Kier molecular flexibility index (Phi) is 3.77. The van der Waals surface area contributed by atoms with Crippen molar-refractivity contribution in [3.63, 3.8) is 0 Å². The van der Waals surface area contributed by atoms with Crippen molar-refractivity contribution < 1.29 is 4.79 Å². The first kappa shape index (κ1) is 10.1. The molecule has 0 bridgehead atoms. The standard InChI is InChI=1S/C11H12OS/c1-2-9-3-5-10(6-4-9)7-8-11(12)13/h2-6H,1,7-8H2,(H,12,13). The van der Waals surface area contributed by atoms with Gasteiger partial charge >= 0.3 is 0 Å². The van der Waals surface area contributed by atoms with E-state index in [4.69, 9.17) is 0 Å². The molecule has 1 aromatic carbocycles. The van der Waals surface area contributed by atoms with E-state index in [9.17, 15) is 4.79 Å². The summed E-state index contributed by atoms with van der Waals surface area (Å²) < 4.78 is 0. The van der Waals surface area contributed by atoms with Crippen LogP contribution in [0.3, 0.4) is 0 Å². The molecule has 0 heterocycles. The summed E-state index contributed by atoms with van der Waals surface area (Å²) >= 11 is 3.71. The molecule has 13 heavy (non-hydrogen) atoms. The van der Waals surface area contributed by atoms with Crippen LogP contribution in [0.2, 0.25) is 0 Å². The Balaban J connectivity index is 2.59. The zero-order valence-electron chi connectivity index (χ0n) is 7.36. The Morgan fingerprint density at radius 3 is 2.46 bits per heavy atom. The second-order valence-corrected chi connectivity index (χ2v) is 3.34. The predicted octanol–water partition coefficient (Wildman–Crippen LogP) is 2.72. The van der Waals surface area contributed by atoms with Gasteiger partial charge in [0, 0.05) is 6.42 Å². The van der Waals surface area contributed by atoms with Crippen LogP contribution >= 0.6 is 12.6 Å². The number of carbonyl (C=O) groups is 1. The number of hydrogen-bond donors (Lipinski definition) is 1. The number of carbonyl (C=O) groups excluding carboxylic acids is 1. The van der Waals surface area contributed by atoms with E-state index >= 15 is 0 Å². The lowest BCUT2D eigenvalue weighted by atomic mass is 10.1. The molecule has 0 spiro atoms. The van der Waals surface area contributed by atoms with E-state index in [2.05, 4.69) is 19.2 Å². The van der Waals surface area contributed by atoms with Crippen LogP contribution in [0, 0.1) is 0 Å². The first-order valence-corrected chi connectivity index (χ1v) is 4.60. The van der Waals surface area contributed by atoms with Crippen molar-refractivity contribution in [1.29, 1.82) is 0 Å². The number of hydrogen-bond acceptors (Lipinski definition) is 1. The molecule has 0 unspecified atom stereocenters. The van der Waals surface area contributed by atoms with Crippen molar-refractivity contribution in [2.45, 2.75) is 12.8 Å². The van der Waals surface area contributed by atoms with Crippen molar-refractivity contribution in [2.24, 2.45) is 0 Å². The van der Waals surface area contributed by atoms with Gasteiger partial charge in [-0.3, -0.25) is 4.79 Å². The quantitative estimate of drug-likeness (QED) is 0.726. The van der Waals surface area contributed by atoms with Crippen molar-refractivity contribution in [3.8, 4) is 0 Å². The number of aryl methyl sites for hydroxylation is 1. The summed E-state index contributed by atoms with van der Waals surface area (Å²) in [6, 6.07) is 8.00. The smallest absolute Gasteiger partial charge is 0.186 e. The topological polar surface area (TPSA) is 17.1 Å². The monoisotopic (exact) mass is 192 g/mol. The van der Waals surface area contributed by atoms with E-state index in [1.165, 1.54) is 0 Å². The molecule has 1 nitrogen and oxygen atoms in total. The van der Waals surface area contributed by atoms with Crippen LogP contribution in [0.1, 0.15) is 17.5 Å². The molecule has 2 heteroatoms. The predicted molar refractivity (Wildman–Crippen MR) is 58.8 cm³/mol. The molecule has 68 valence electrons. The van der Waals surface area contributed by atoms with E-state index in [1.807, 2.05) is 24.3 Å². The fourth-order valence-electron chi connectivity index (χ4n) is 1.07. The van der Waals surface area contributed by atoms with Gasteiger partial charge in [0.1, 0.15) is 0 Å². The Bertz CT molecular complexity index is 300. The van der Waals surface area contributed by atoms with Gasteiger partial charge in [-0.15, -0.1) is 12.6 Å². The van der Waals surface area contributed by atoms with Gasteiger partial charge in [-0.2, -0.15) is 0 Å². The lowest BCUT2D eigenvalue weighted by molar-refractivity contribution is -0.110. The molecular formula is C11H12OS. The van der Waals surface area contributed by atoms with Gasteiger partial charge in [-0.1, -0.05) is 36.9 Å². The summed E-state index contributed by atoms with van der Waals surface area (Å²) in [4.78, 5) is 10.6. The van der Waals surface area contributed by atoms with E-state index in [0.717, 1.165) is 17.5 Å². The molecule has 1 rings (SSSR count). The Hall–Kier alpha value is -1.02. The van der Waals surface area contributed by atoms with Crippen LogP contribution < -0.4 is 0 Å². The largest absolute Gasteiger partial charge is 0.287 e. The molecule has 0 aromatic heterocycles. The molecule has 0 fully saturated rings. The third-order valence-corrected chi connectivity index (χ3v) is 2.07. The highest BCUT2D eigenvalue weighted by atomic mass is 32.1. The maximum absolute atomic E-state index is 10.6. The van der Waals surface area contributed by atoms with E-state index in [0.29, 0.717) is 6.42 Å². The van der Waals surface area contributed by atoms with E-state index in [1.54, 1.807) is 6.08 Å². The highest BCUT2D eigenvalue weighted by Gasteiger charge is 1.96. The second kappa shape index (κ2) is 4.87. The lowest BCUT2D eigenvalue weighted by Crippen LogP contribution is -1.91. The number of rotatable bonds is 4. The molecule has 0 aliphatic rings. The number of thiol groups is 1. The molecule has 0 saturated heterocycles. The van der Waals surface area contributed by atoms with Crippen molar-refractivity contribution in [2.75, 3.05) is 0 Å². The SMILES string of the molecule is C=Cc1ccc(CCC(=O)S)cc1. The molecule has 0 amide bonds. The maximum atomic E-state index is 10.6. The van der Waals surface area contributed by atoms with Gasteiger partial charge in [0.05, 0.1) is 0 Å². The summed E-state index contributed by atoms with van der Waals surface area (Å²) in [5.41, 5.74) is 2.26. The lowest BCUT2D eigenvalue weighted by Gasteiger charge is -1.99. The first-order valence-electron chi connectivity index (χ1n) is 4.15. The molecule has 1 aromatic rings. The molecular weight excluding hydrogens is 180 g/mol. The Labute approximate surface area is 83.9 Å². The van der Waals surface area contributed by atoms with Gasteiger partial charge in [-0.05, 0) is 17.5 Å². The fourth-order valence-corrected chi connectivity index (χ4v) is 1.18. The second-order valence-electron chi connectivity index (χ2n) is 2.84.